The minimum Gasteiger partial charge on any atom is -0.393 e. The molecule has 1 aliphatic heterocycles. The Morgan fingerprint density at radius 2 is 2.45 bits per heavy atom. The molecule has 1 aliphatic rings. The second-order valence-electron chi connectivity index (χ2n) is 2.95. The lowest BCUT2D eigenvalue weighted by Crippen LogP contribution is -2.23. The first-order valence-electron chi connectivity index (χ1n) is 3.84. The molecule has 0 saturated carbocycles. The van der Waals surface area contributed by atoms with Gasteiger partial charge in [-0.2, -0.15) is 5.10 Å². The summed E-state index contributed by atoms with van der Waals surface area (Å²) in [6, 6.07) is 0. The Labute approximate surface area is 64.9 Å². The summed E-state index contributed by atoms with van der Waals surface area (Å²) >= 11 is 0. The van der Waals surface area contributed by atoms with Crippen LogP contribution in [-0.4, -0.2) is 26.0 Å². The maximum absolute atomic E-state index is 9.28. The highest BCUT2D eigenvalue weighted by molar-refractivity contribution is 4.95. The number of aliphatic hydroxyl groups excluding tert-OH is 1. The van der Waals surface area contributed by atoms with Gasteiger partial charge in [0.05, 0.1) is 6.10 Å². The molecule has 60 valence electrons. The highest BCUT2D eigenvalue weighted by Crippen LogP contribution is 2.11. The van der Waals surface area contributed by atoms with Gasteiger partial charge in [-0.1, -0.05) is 0 Å². The molecule has 1 aromatic rings. The predicted molar refractivity (Wildman–Crippen MR) is 39.1 cm³/mol. The zero-order chi connectivity index (χ0) is 7.84. The summed E-state index contributed by atoms with van der Waals surface area (Å²) < 4.78 is 1.88. The van der Waals surface area contributed by atoms with Crippen molar-refractivity contribution in [3.8, 4) is 0 Å². The van der Waals surface area contributed by atoms with Crippen LogP contribution in [0.15, 0.2) is 0 Å². The lowest BCUT2D eigenvalue weighted by atomic mass is 10.1. The first-order valence-corrected chi connectivity index (χ1v) is 3.84. The predicted octanol–water partition coefficient (Wildman–Crippen LogP) is -0.106. The summed E-state index contributed by atoms with van der Waals surface area (Å²) in [5.74, 6) is 1.72. The molecular formula is C7H11N3O. The van der Waals surface area contributed by atoms with Crippen LogP contribution in [0.25, 0.3) is 0 Å². The molecule has 4 nitrogen and oxygen atoms in total. The molecule has 0 saturated heterocycles. The van der Waals surface area contributed by atoms with E-state index in [4.69, 9.17) is 0 Å². The number of aromatic nitrogens is 3. The zero-order valence-electron chi connectivity index (χ0n) is 6.49. The van der Waals surface area contributed by atoms with Gasteiger partial charge < -0.3 is 5.11 Å². The van der Waals surface area contributed by atoms with Gasteiger partial charge in [-0.05, 0) is 13.3 Å². The molecule has 0 radical (unpaired) electrons. The van der Waals surface area contributed by atoms with Crippen molar-refractivity contribution in [2.24, 2.45) is 0 Å². The van der Waals surface area contributed by atoms with Gasteiger partial charge in [0.2, 0.25) is 0 Å². The highest BCUT2D eigenvalue weighted by Gasteiger charge is 2.18. The van der Waals surface area contributed by atoms with Crippen molar-refractivity contribution in [2.45, 2.75) is 32.4 Å². The van der Waals surface area contributed by atoms with Crippen LogP contribution in [0.2, 0.25) is 0 Å². The average molecular weight is 153 g/mol. The molecule has 0 aromatic carbocycles. The molecule has 0 aliphatic carbocycles. The van der Waals surface area contributed by atoms with E-state index in [0.29, 0.717) is 6.42 Å². The number of fused-ring (bicyclic) bond motifs is 1. The van der Waals surface area contributed by atoms with Crippen LogP contribution in [0.1, 0.15) is 18.1 Å². The molecular weight excluding hydrogens is 142 g/mol. The van der Waals surface area contributed by atoms with E-state index in [1.165, 1.54) is 0 Å². The number of aliphatic hydroxyl groups is 1. The molecule has 2 rings (SSSR count). The fourth-order valence-corrected chi connectivity index (χ4v) is 1.41. The highest BCUT2D eigenvalue weighted by atomic mass is 16.3. The maximum Gasteiger partial charge on any atom is 0.147 e. The third kappa shape index (κ3) is 1.14. The standard InChI is InChI=1S/C7H11N3O/c1-5-8-7-4-6(11)2-3-10(7)9-5/h6,11H,2-4H2,1H3. The summed E-state index contributed by atoms with van der Waals surface area (Å²) in [6.07, 6.45) is 1.24. The molecule has 1 unspecified atom stereocenters. The van der Waals surface area contributed by atoms with E-state index in [1.54, 1.807) is 0 Å². The second-order valence-corrected chi connectivity index (χ2v) is 2.95. The van der Waals surface area contributed by atoms with E-state index in [2.05, 4.69) is 10.1 Å². The van der Waals surface area contributed by atoms with Gasteiger partial charge in [-0.25, -0.2) is 9.67 Å². The minimum absolute atomic E-state index is 0.217. The van der Waals surface area contributed by atoms with E-state index in [-0.39, 0.29) is 6.10 Å². The van der Waals surface area contributed by atoms with Crippen molar-refractivity contribution in [1.29, 1.82) is 0 Å². The number of aryl methyl sites for hydroxylation is 2. The normalized spacial score (nSPS) is 23.3. The Balaban J connectivity index is 2.34. The fraction of sp³-hybridized carbons (Fsp3) is 0.714. The van der Waals surface area contributed by atoms with Gasteiger partial charge in [0.15, 0.2) is 0 Å². The average Bonchev–Trinajstić information content (AvgIpc) is 2.27. The fourth-order valence-electron chi connectivity index (χ4n) is 1.41. The van der Waals surface area contributed by atoms with E-state index >= 15 is 0 Å². The molecule has 0 bridgehead atoms. The Hall–Kier alpha value is -0.900. The van der Waals surface area contributed by atoms with Gasteiger partial charge in [-0.3, -0.25) is 0 Å². The monoisotopic (exact) mass is 153 g/mol. The minimum atomic E-state index is -0.217. The van der Waals surface area contributed by atoms with Crippen molar-refractivity contribution in [1.82, 2.24) is 14.8 Å². The van der Waals surface area contributed by atoms with E-state index < -0.39 is 0 Å². The number of hydrogen-bond acceptors (Lipinski definition) is 3. The smallest absolute Gasteiger partial charge is 0.147 e. The van der Waals surface area contributed by atoms with Crippen LogP contribution in [-0.2, 0) is 13.0 Å². The molecule has 11 heavy (non-hydrogen) atoms. The molecule has 4 heteroatoms. The Morgan fingerprint density at radius 1 is 1.64 bits per heavy atom. The van der Waals surface area contributed by atoms with Crippen molar-refractivity contribution < 1.29 is 5.11 Å². The van der Waals surface area contributed by atoms with Crippen LogP contribution in [0.5, 0.6) is 0 Å². The first kappa shape index (κ1) is 6.79. The molecule has 1 N–H and O–H groups in total. The molecule has 0 fully saturated rings. The largest absolute Gasteiger partial charge is 0.393 e. The molecule has 1 aromatic heterocycles. The molecule has 0 spiro atoms. The number of rotatable bonds is 0. The van der Waals surface area contributed by atoms with Crippen molar-refractivity contribution >= 4 is 0 Å². The number of nitrogens with zero attached hydrogens (tertiary/aromatic N) is 3. The van der Waals surface area contributed by atoms with Gasteiger partial charge in [0, 0.05) is 13.0 Å². The Morgan fingerprint density at radius 3 is 3.27 bits per heavy atom. The maximum atomic E-state index is 9.28. The molecule has 1 atom stereocenters. The van der Waals surface area contributed by atoms with Crippen molar-refractivity contribution in [3.63, 3.8) is 0 Å². The van der Waals surface area contributed by atoms with E-state index in [9.17, 15) is 5.11 Å². The molecule has 0 amide bonds. The second kappa shape index (κ2) is 2.30. The van der Waals surface area contributed by atoms with Crippen LogP contribution in [0.3, 0.4) is 0 Å². The van der Waals surface area contributed by atoms with Crippen LogP contribution in [0.4, 0.5) is 0 Å². The van der Waals surface area contributed by atoms with E-state index in [1.807, 2.05) is 11.6 Å². The zero-order valence-corrected chi connectivity index (χ0v) is 6.49. The van der Waals surface area contributed by atoms with E-state index in [0.717, 1.165) is 24.6 Å². The summed E-state index contributed by atoms with van der Waals surface area (Å²) in [7, 11) is 0. The summed E-state index contributed by atoms with van der Waals surface area (Å²) in [4.78, 5) is 4.19. The van der Waals surface area contributed by atoms with Crippen LogP contribution in [0, 0.1) is 6.92 Å². The number of hydrogen-bond donors (Lipinski definition) is 1. The van der Waals surface area contributed by atoms with Gasteiger partial charge >= 0.3 is 0 Å². The lowest BCUT2D eigenvalue weighted by molar-refractivity contribution is 0.138. The van der Waals surface area contributed by atoms with Crippen LogP contribution >= 0.6 is 0 Å². The van der Waals surface area contributed by atoms with Gasteiger partial charge in [-0.15, -0.1) is 0 Å². The lowest BCUT2D eigenvalue weighted by Gasteiger charge is -2.16. The Kier molecular flexibility index (Phi) is 1.42. The first-order chi connectivity index (χ1) is 5.25. The topological polar surface area (TPSA) is 50.9 Å². The third-order valence-corrected chi connectivity index (χ3v) is 1.95. The molecule has 2 heterocycles. The van der Waals surface area contributed by atoms with Gasteiger partial charge in [0.25, 0.3) is 0 Å². The summed E-state index contributed by atoms with van der Waals surface area (Å²) in [6.45, 7) is 2.68. The summed E-state index contributed by atoms with van der Waals surface area (Å²) in [5.41, 5.74) is 0. The summed E-state index contributed by atoms with van der Waals surface area (Å²) in [5, 5.41) is 13.5. The quantitative estimate of drug-likeness (QED) is 0.566. The van der Waals surface area contributed by atoms with Crippen LogP contribution < -0.4 is 0 Å². The third-order valence-electron chi connectivity index (χ3n) is 1.95. The van der Waals surface area contributed by atoms with Gasteiger partial charge in [0.1, 0.15) is 11.6 Å². The Bertz CT molecular complexity index is 269. The SMILES string of the molecule is Cc1nc2n(n1)CCC(O)C2. The van der Waals surface area contributed by atoms with Crippen molar-refractivity contribution in [2.75, 3.05) is 0 Å². The van der Waals surface area contributed by atoms with Crippen molar-refractivity contribution in [3.05, 3.63) is 11.6 Å².